The van der Waals surface area contributed by atoms with E-state index in [9.17, 15) is 4.79 Å². The molecule has 24 heavy (non-hydrogen) atoms. The number of quaternary nitrogens is 1. The number of nitrogens with two attached hydrogens (primary N) is 2. The molecule has 9 heteroatoms. The van der Waals surface area contributed by atoms with Crippen LogP contribution in [0.5, 0.6) is 0 Å². The molecule has 1 aliphatic heterocycles. The van der Waals surface area contributed by atoms with Gasteiger partial charge in [-0.25, -0.2) is 0 Å². The van der Waals surface area contributed by atoms with E-state index in [2.05, 4.69) is 47.3 Å². The molecule has 1 aromatic carbocycles. The van der Waals surface area contributed by atoms with Crippen LogP contribution >= 0.6 is 31.9 Å². The van der Waals surface area contributed by atoms with Gasteiger partial charge in [0, 0.05) is 23.5 Å². The quantitative estimate of drug-likeness (QED) is 0.660. The molecule has 1 aliphatic rings. The molecular formula is C15H15Br2N6O+. The molecule has 0 saturated carbocycles. The molecule has 0 unspecified atom stereocenters. The lowest BCUT2D eigenvalue weighted by Crippen LogP contribution is -2.77. The van der Waals surface area contributed by atoms with Gasteiger partial charge in [-0.2, -0.15) is 4.80 Å². The van der Waals surface area contributed by atoms with Gasteiger partial charge >= 0.3 is 0 Å². The van der Waals surface area contributed by atoms with Gasteiger partial charge in [-0.3, -0.25) is 10.1 Å². The zero-order valence-corrected chi connectivity index (χ0v) is 16.0. The number of aromatic nitrogens is 4. The van der Waals surface area contributed by atoms with Gasteiger partial charge < -0.3 is 5.73 Å². The Kier molecular flexibility index (Phi) is 5.04. The van der Waals surface area contributed by atoms with Crippen molar-refractivity contribution in [3.8, 4) is 0 Å². The second-order valence-corrected chi connectivity index (χ2v) is 6.98. The Bertz CT molecular complexity index is 870. The van der Waals surface area contributed by atoms with Crippen LogP contribution in [0.4, 0.5) is 0 Å². The molecule has 2 heterocycles. The zero-order chi connectivity index (χ0) is 17.3. The van der Waals surface area contributed by atoms with Crippen molar-refractivity contribution in [1.82, 2.24) is 20.2 Å². The van der Waals surface area contributed by atoms with Gasteiger partial charge in [-0.05, 0) is 33.3 Å². The predicted molar refractivity (Wildman–Crippen MR) is 95.8 cm³/mol. The largest absolute Gasteiger partial charge is 0.329 e. The van der Waals surface area contributed by atoms with E-state index in [0.717, 1.165) is 15.9 Å². The first-order valence-electron chi connectivity index (χ1n) is 7.25. The number of hydrogen-bond donors (Lipinski definition) is 2. The third-order valence-electron chi connectivity index (χ3n) is 3.55. The summed E-state index contributed by atoms with van der Waals surface area (Å²) in [5, 5.41) is 14.2. The van der Waals surface area contributed by atoms with E-state index in [1.165, 1.54) is 4.80 Å². The number of nitrogens with zero attached hydrogens (tertiary/aromatic N) is 4. The number of benzene rings is 1. The van der Waals surface area contributed by atoms with Crippen molar-refractivity contribution in [3.05, 3.63) is 55.9 Å². The normalized spacial score (nSPS) is 14.7. The summed E-state index contributed by atoms with van der Waals surface area (Å²) in [5.41, 5.74) is 8.32. The van der Waals surface area contributed by atoms with Crippen molar-refractivity contribution in [1.29, 1.82) is 0 Å². The topological polar surface area (TPSA) is 103 Å². The summed E-state index contributed by atoms with van der Waals surface area (Å²) in [4.78, 5) is 14.3. The van der Waals surface area contributed by atoms with Crippen LogP contribution in [0.15, 0.2) is 44.5 Å². The summed E-state index contributed by atoms with van der Waals surface area (Å²) in [7, 11) is 0. The number of tetrazole rings is 1. The zero-order valence-electron chi connectivity index (χ0n) is 12.8. The van der Waals surface area contributed by atoms with Gasteiger partial charge in [0.15, 0.2) is 11.5 Å². The smallest absolute Gasteiger partial charge is 0.259 e. The molecule has 0 spiro atoms. The number of halogens is 2. The fraction of sp³-hybridized carbons (Fsp3) is 0.200. The number of ketones is 1. The highest BCUT2D eigenvalue weighted by molar-refractivity contribution is 9.12. The monoisotopic (exact) mass is 453 g/mol. The minimum Gasteiger partial charge on any atom is -0.329 e. The van der Waals surface area contributed by atoms with E-state index >= 15 is 0 Å². The highest BCUT2D eigenvalue weighted by atomic mass is 79.9. The molecule has 124 valence electrons. The standard InChI is InChI=1S/C15H14Br2N6O/c1-8-11(14(24)9-3-2-4-10(16)7-9)12(17)13(19-8)15-20-22-23(21-15)6-5-18/h2-4,7,19H,5-6,18H2,1H3/p+1. The Morgan fingerprint density at radius 1 is 1.38 bits per heavy atom. The Morgan fingerprint density at radius 3 is 2.88 bits per heavy atom. The second-order valence-electron chi connectivity index (χ2n) is 5.27. The first-order chi connectivity index (χ1) is 11.5. The summed E-state index contributed by atoms with van der Waals surface area (Å²) in [5.74, 6) is 0.410. The van der Waals surface area contributed by atoms with Gasteiger partial charge in [-0.1, -0.05) is 28.1 Å². The van der Waals surface area contributed by atoms with E-state index in [0.29, 0.717) is 34.5 Å². The van der Waals surface area contributed by atoms with Crippen molar-refractivity contribution >= 4 is 43.3 Å². The van der Waals surface area contributed by atoms with Crippen LogP contribution in [0, 0.1) is 0 Å². The maximum Gasteiger partial charge on any atom is 0.259 e. The van der Waals surface area contributed by atoms with Crippen LogP contribution in [0.3, 0.4) is 0 Å². The molecule has 0 radical (unpaired) electrons. The number of allylic oxidation sites excluding steroid dienone is 3. The SMILES string of the molecule is CC1=C(C(=O)c2cccc(Br)c2)C(Br)=C(c2nnn(CCN)n2)[NH2+]1. The Labute approximate surface area is 155 Å². The minimum absolute atomic E-state index is 0.0544. The molecule has 4 N–H and O–H groups in total. The van der Waals surface area contributed by atoms with Crippen LogP contribution in [0.2, 0.25) is 0 Å². The summed E-state index contributed by atoms with van der Waals surface area (Å²) in [6.45, 7) is 2.82. The third-order valence-corrected chi connectivity index (χ3v) is 4.86. The molecule has 0 fully saturated rings. The van der Waals surface area contributed by atoms with E-state index in [-0.39, 0.29) is 5.78 Å². The summed E-state index contributed by atoms with van der Waals surface area (Å²) in [6.07, 6.45) is 0. The van der Waals surface area contributed by atoms with Gasteiger partial charge in [0.25, 0.3) is 5.82 Å². The summed E-state index contributed by atoms with van der Waals surface area (Å²) in [6, 6.07) is 7.32. The maximum atomic E-state index is 12.9. The van der Waals surface area contributed by atoms with Crippen molar-refractivity contribution in [2.24, 2.45) is 5.73 Å². The molecule has 0 bridgehead atoms. The molecule has 0 saturated heterocycles. The molecular weight excluding hydrogens is 440 g/mol. The number of hydrogen-bond acceptors (Lipinski definition) is 5. The Morgan fingerprint density at radius 2 is 2.17 bits per heavy atom. The summed E-state index contributed by atoms with van der Waals surface area (Å²) < 4.78 is 1.54. The fourth-order valence-electron chi connectivity index (χ4n) is 2.44. The molecule has 0 amide bonds. The number of carbonyl (C=O) groups is 1. The average Bonchev–Trinajstić information content (AvgIpc) is 3.12. The minimum atomic E-state index is -0.0544. The lowest BCUT2D eigenvalue weighted by molar-refractivity contribution is -0.505. The van der Waals surface area contributed by atoms with Crippen molar-refractivity contribution in [2.45, 2.75) is 13.5 Å². The van der Waals surface area contributed by atoms with Crippen LogP contribution in [0.1, 0.15) is 23.1 Å². The first kappa shape index (κ1) is 17.2. The highest BCUT2D eigenvalue weighted by Crippen LogP contribution is 2.31. The van der Waals surface area contributed by atoms with Crippen molar-refractivity contribution in [2.75, 3.05) is 6.54 Å². The van der Waals surface area contributed by atoms with Crippen LogP contribution in [0.25, 0.3) is 5.70 Å². The third kappa shape index (κ3) is 3.25. The molecule has 7 nitrogen and oxygen atoms in total. The van der Waals surface area contributed by atoms with Crippen LogP contribution in [-0.4, -0.2) is 32.5 Å². The van der Waals surface area contributed by atoms with E-state index < -0.39 is 0 Å². The predicted octanol–water partition coefficient (Wildman–Crippen LogP) is 1.19. The maximum absolute atomic E-state index is 12.9. The first-order valence-corrected chi connectivity index (χ1v) is 8.84. The van der Waals surface area contributed by atoms with Crippen LogP contribution < -0.4 is 11.1 Å². The van der Waals surface area contributed by atoms with Gasteiger partial charge in [-0.15, -0.1) is 10.2 Å². The number of rotatable bonds is 5. The molecule has 1 aromatic heterocycles. The lowest BCUT2D eigenvalue weighted by Gasteiger charge is -2.02. The van der Waals surface area contributed by atoms with Crippen LogP contribution in [-0.2, 0) is 6.54 Å². The number of carbonyl (C=O) groups excluding carboxylic acids is 1. The second kappa shape index (κ2) is 7.06. The average molecular weight is 455 g/mol. The lowest BCUT2D eigenvalue weighted by atomic mass is 10.0. The van der Waals surface area contributed by atoms with E-state index in [1.54, 1.807) is 12.1 Å². The molecule has 0 aliphatic carbocycles. The van der Waals surface area contributed by atoms with Gasteiger partial charge in [0.05, 0.1) is 16.6 Å². The Balaban J connectivity index is 1.94. The molecule has 2 aromatic rings. The van der Waals surface area contributed by atoms with Gasteiger partial charge in [0.2, 0.25) is 0 Å². The molecule has 0 atom stereocenters. The van der Waals surface area contributed by atoms with E-state index in [4.69, 9.17) is 5.73 Å². The molecule has 3 rings (SSSR count). The van der Waals surface area contributed by atoms with Gasteiger partial charge in [0.1, 0.15) is 5.70 Å². The number of Topliss-reactive ketones (excluding diaryl/α,β-unsaturated/α-hetero) is 1. The van der Waals surface area contributed by atoms with Crippen molar-refractivity contribution in [3.63, 3.8) is 0 Å². The summed E-state index contributed by atoms with van der Waals surface area (Å²) >= 11 is 6.92. The van der Waals surface area contributed by atoms with E-state index in [1.807, 2.05) is 24.4 Å². The fourth-order valence-corrected chi connectivity index (χ4v) is 3.62. The van der Waals surface area contributed by atoms with Crippen molar-refractivity contribution < 1.29 is 10.1 Å². The Hall–Kier alpha value is -1.68. The highest BCUT2D eigenvalue weighted by Gasteiger charge is 2.34.